The Morgan fingerprint density at radius 1 is 0.875 bits per heavy atom. The topological polar surface area (TPSA) is 20.2 Å². The summed E-state index contributed by atoms with van der Waals surface area (Å²) < 4.78 is 0. The van der Waals surface area contributed by atoms with E-state index in [1.807, 2.05) is 0 Å². The third-order valence-corrected chi connectivity index (χ3v) is 3.65. The Bertz CT molecular complexity index is 174. The molecular weight excluding hydrogens is 196 g/mol. The Balaban J connectivity index is 1.79. The summed E-state index contributed by atoms with van der Waals surface area (Å²) >= 11 is 0. The predicted molar refractivity (Wildman–Crippen MR) is 70.5 cm³/mol. The fourth-order valence-corrected chi connectivity index (χ4v) is 2.55. The molecule has 1 nitrogen and oxygen atoms in total. The van der Waals surface area contributed by atoms with Crippen LogP contribution in [0, 0.1) is 5.92 Å². The molecule has 0 spiro atoms. The van der Waals surface area contributed by atoms with Gasteiger partial charge in [0.25, 0.3) is 0 Å². The summed E-state index contributed by atoms with van der Waals surface area (Å²) in [6.45, 7) is 0.370. The van der Waals surface area contributed by atoms with Gasteiger partial charge in [-0.05, 0) is 31.6 Å². The minimum Gasteiger partial charge on any atom is -0.396 e. The molecule has 1 N–H and O–H groups in total. The Hall–Kier alpha value is -0.300. The highest BCUT2D eigenvalue weighted by Crippen LogP contribution is 2.24. The van der Waals surface area contributed by atoms with Gasteiger partial charge in [0.05, 0.1) is 0 Å². The van der Waals surface area contributed by atoms with Crippen LogP contribution in [0.3, 0.4) is 0 Å². The highest BCUT2D eigenvalue weighted by molar-refractivity contribution is 4.89. The number of unbranched alkanes of at least 4 members (excludes halogenated alkanes) is 6. The zero-order chi connectivity index (χ0) is 11.5. The van der Waals surface area contributed by atoms with Gasteiger partial charge in [0.1, 0.15) is 0 Å². The van der Waals surface area contributed by atoms with Crippen molar-refractivity contribution in [3.05, 3.63) is 12.2 Å². The summed E-state index contributed by atoms with van der Waals surface area (Å²) in [5.74, 6) is 0.986. The van der Waals surface area contributed by atoms with E-state index in [2.05, 4.69) is 12.2 Å². The van der Waals surface area contributed by atoms with Gasteiger partial charge in [-0.1, -0.05) is 57.1 Å². The second-order valence-electron chi connectivity index (χ2n) is 5.14. The molecule has 1 unspecified atom stereocenters. The van der Waals surface area contributed by atoms with Gasteiger partial charge in [-0.15, -0.1) is 0 Å². The van der Waals surface area contributed by atoms with Crippen LogP contribution in [0.1, 0.15) is 70.6 Å². The molecule has 1 heteroatoms. The molecule has 0 fully saturated rings. The number of hydrogen-bond acceptors (Lipinski definition) is 1. The first-order chi connectivity index (χ1) is 7.93. The summed E-state index contributed by atoms with van der Waals surface area (Å²) in [6, 6.07) is 0. The molecule has 1 atom stereocenters. The van der Waals surface area contributed by atoms with Crippen molar-refractivity contribution < 1.29 is 5.11 Å². The molecule has 0 aliphatic heterocycles. The predicted octanol–water partition coefficient (Wildman–Crippen LogP) is 4.46. The van der Waals surface area contributed by atoms with Crippen LogP contribution in [0.2, 0.25) is 0 Å². The highest BCUT2D eigenvalue weighted by atomic mass is 16.2. The molecule has 0 aromatic heterocycles. The van der Waals surface area contributed by atoms with Crippen molar-refractivity contribution in [1.82, 2.24) is 0 Å². The summed E-state index contributed by atoms with van der Waals surface area (Å²) in [5.41, 5.74) is 0. The molecule has 0 aromatic rings. The summed E-state index contributed by atoms with van der Waals surface area (Å²) in [7, 11) is 0. The van der Waals surface area contributed by atoms with Gasteiger partial charge in [-0.2, -0.15) is 0 Å². The van der Waals surface area contributed by atoms with Crippen LogP contribution >= 0.6 is 0 Å². The van der Waals surface area contributed by atoms with E-state index in [1.165, 1.54) is 64.2 Å². The lowest BCUT2D eigenvalue weighted by Crippen LogP contribution is -2.02. The van der Waals surface area contributed by atoms with Gasteiger partial charge < -0.3 is 5.11 Å². The van der Waals surface area contributed by atoms with E-state index in [9.17, 15) is 0 Å². The van der Waals surface area contributed by atoms with E-state index < -0.39 is 0 Å². The van der Waals surface area contributed by atoms with Crippen molar-refractivity contribution in [3.63, 3.8) is 0 Å². The largest absolute Gasteiger partial charge is 0.396 e. The van der Waals surface area contributed by atoms with Crippen molar-refractivity contribution in [3.8, 4) is 0 Å². The second-order valence-corrected chi connectivity index (χ2v) is 5.14. The minimum absolute atomic E-state index is 0.370. The molecule has 0 saturated heterocycles. The zero-order valence-electron chi connectivity index (χ0n) is 10.7. The molecule has 0 radical (unpaired) electrons. The first-order valence-electron chi connectivity index (χ1n) is 7.19. The maximum absolute atomic E-state index is 8.65. The van der Waals surface area contributed by atoms with Crippen LogP contribution in [0.15, 0.2) is 12.2 Å². The van der Waals surface area contributed by atoms with Crippen LogP contribution in [-0.4, -0.2) is 11.7 Å². The van der Waals surface area contributed by atoms with Crippen molar-refractivity contribution in [2.45, 2.75) is 70.6 Å². The van der Waals surface area contributed by atoms with Crippen molar-refractivity contribution in [2.24, 2.45) is 5.92 Å². The smallest absolute Gasteiger partial charge is 0.0431 e. The van der Waals surface area contributed by atoms with Gasteiger partial charge in [0.2, 0.25) is 0 Å². The SMILES string of the molecule is OCCCCCCCCCC1CC=CCC1. The quantitative estimate of drug-likeness (QED) is 0.453. The maximum atomic E-state index is 8.65. The van der Waals surface area contributed by atoms with Crippen LogP contribution in [-0.2, 0) is 0 Å². The summed E-state index contributed by atoms with van der Waals surface area (Å²) in [6.07, 6.45) is 19.3. The average molecular weight is 224 g/mol. The Morgan fingerprint density at radius 2 is 1.56 bits per heavy atom. The molecule has 0 heterocycles. The lowest BCUT2D eigenvalue weighted by molar-refractivity contribution is 0.282. The van der Waals surface area contributed by atoms with E-state index in [0.717, 1.165) is 12.3 Å². The normalized spacial score (nSPS) is 20.2. The van der Waals surface area contributed by atoms with Crippen LogP contribution in [0.25, 0.3) is 0 Å². The molecule has 94 valence electrons. The van der Waals surface area contributed by atoms with E-state index >= 15 is 0 Å². The Labute approximate surface area is 101 Å². The lowest BCUT2D eigenvalue weighted by atomic mass is 9.89. The number of rotatable bonds is 9. The van der Waals surface area contributed by atoms with E-state index in [1.54, 1.807) is 0 Å². The second kappa shape index (κ2) is 9.89. The first kappa shape index (κ1) is 13.8. The lowest BCUT2D eigenvalue weighted by Gasteiger charge is -2.17. The number of allylic oxidation sites excluding steroid dienone is 2. The number of hydrogen-bond donors (Lipinski definition) is 1. The van der Waals surface area contributed by atoms with Crippen LogP contribution in [0.4, 0.5) is 0 Å². The van der Waals surface area contributed by atoms with Crippen molar-refractivity contribution in [1.29, 1.82) is 0 Å². The average Bonchev–Trinajstić information content (AvgIpc) is 2.34. The molecule has 1 rings (SSSR count). The zero-order valence-corrected chi connectivity index (χ0v) is 10.7. The summed E-state index contributed by atoms with van der Waals surface area (Å²) in [5, 5.41) is 8.65. The van der Waals surface area contributed by atoms with Crippen molar-refractivity contribution in [2.75, 3.05) is 6.61 Å². The number of aliphatic hydroxyl groups is 1. The van der Waals surface area contributed by atoms with Gasteiger partial charge in [-0.25, -0.2) is 0 Å². The van der Waals surface area contributed by atoms with Crippen LogP contribution < -0.4 is 0 Å². The number of aliphatic hydroxyl groups excluding tert-OH is 1. The molecule has 0 aromatic carbocycles. The van der Waals surface area contributed by atoms with Gasteiger partial charge >= 0.3 is 0 Å². The van der Waals surface area contributed by atoms with Crippen LogP contribution in [0.5, 0.6) is 0 Å². The molecule has 0 amide bonds. The molecule has 1 aliphatic rings. The fraction of sp³-hybridized carbons (Fsp3) is 0.867. The highest BCUT2D eigenvalue weighted by Gasteiger charge is 2.08. The maximum Gasteiger partial charge on any atom is 0.0431 e. The van der Waals surface area contributed by atoms with E-state index in [4.69, 9.17) is 5.11 Å². The molecular formula is C15H28O. The molecule has 1 aliphatic carbocycles. The Morgan fingerprint density at radius 3 is 2.19 bits per heavy atom. The Kier molecular flexibility index (Phi) is 8.51. The summed E-state index contributed by atoms with van der Waals surface area (Å²) in [4.78, 5) is 0. The fourth-order valence-electron chi connectivity index (χ4n) is 2.55. The standard InChI is InChI=1S/C15H28O/c16-14-10-5-3-1-2-4-7-11-15-12-8-6-9-13-15/h6,8,15-16H,1-5,7,9-14H2. The van der Waals surface area contributed by atoms with Gasteiger partial charge in [0, 0.05) is 6.61 Å². The monoisotopic (exact) mass is 224 g/mol. The first-order valence-corrected chi connectivity index (χ1v) is 7.19. The van der Waals surface area contributed by atoms with Crippen molar-refractivity contribution >= 4 is 0 Å². The van der Waals surface area contributed by atoms with Gasteiger partial charge in [0.15, 0.2) is 0 Å². The molecule has 16 heavy (non-hydrogen) atoms. The van der Waals surface area contributed by atoms with Gasteiger partial charge in [-0.3, -0.25) is 0 Å². The minimum atomic E-state index is 0.370. The molecule has 0 bridgehead atoms. The molecule has 0 saturated carbocycles. The third-order valence-electron chi connectivity index (χ3n) is 3.65. The van der Waals surface area contributed by atoms with E-state index in [-0.39, 0.29) is 0 Å². The third kappa shape index (κ3) is 7.05. The van der Waals surface area contributed by atoms with E-state index in [0.29, 0.717) is 6.61 Å².